The van der Waals surface area contributed by atoms with Crippen molar-refractivity contribution in [2.24, 2.45) is 0 Å². The van der Waals surface area contributed by atoms with Gasteiger partial charge in [-0.25, -0.2) is 0 Å². The van der Waals surface area contributed by atoms with E-state index in [1.54, 1.807) is 0 Å². The van der Waals surface area contributed by atoms with Crippen LogP contribution in [0.2, 0.25) is 0 Å². The molecule has 1 heterocycles. The van der Waals surface area contributed by atoms with Gasteiger partial charge in [-0.15, -0.1) is 12.4 Å². The molecule has 1 aromatic rings. The third-order valence-corrected chi connectivity index (χ3v) is 3.63. The molecule has 1 fully saturated rings. The first-order valence-electron chi connectivity index (χ1n) is 5.92. The van der Waals surface area contributed by atoms with Crippen LogP contribution in [0.4, 0.5) is 0 Å². The number of carbonyl (C=O) groups is 1. The summed E-state index contributed by atoms with van der Waals surface area (Å²) < 4.78 is 1.07. The summed E-state index contributed by atoms with van der Waals surface area (Å²) >= 11 is 3.48. The number of amides is 1. The highest BCUT2D eigenvalue weighted by Gasteiger charge is 2.29. The van der Waals surface area contributed by atoms with E-state index in [0.29, 0.717) is 6.54 Å². The van der Waals surface area contributed by atoms with Crippen molar-refractivity contribution >= 4 is 34.2 Å². The summed E-state index contributed by atoms with van der Waals surface area (Å²) in [5.74, 6) is 0.190. The lowest BCUT2D eigenvalue weighted by Crippen LogP contribution is -2.36. The van der Waals surface area contributed by atoms with Crippen LogP contribution < -0.4 is 5.32 Å². The van der Waals surface area contributed by atoms with E-state index >= 15 is 0 Å². The van der Waals surface area contributed by atoms with Gasteiger partial charge in [0, 0.05) is 11.0 Å². The molecule has 0 aromatic heterocycles. The Bertz CT molecular complexity index is 414. The normalized spacial score (nSPS) is 18.6. The first-order valence-corrected chi connectivity index (χ1v) is 6.71. The van der Waals surface area contributed by atoms with Gasteiger partial charge in [0.05, 0.1) is 12.6 Å². The number of likely N-dealkylation sites (tertiary alicyclic amines) is 1. The number of nitrogens with one attached hydrogen (secondary N) is 1. The Labute approximate surface area is 122 Å². The first kappa shape index (κ1) is 15.5. The van der Waals surface area contributed by atoms with Gasteiger partial charge in [-0.2, -0.15) is 0 Å². The number of hydrogen-bond acceptors (Lipinski definition) is 2. The van der Waals surface area contributed by atoms with Gasteiger partial charge < -0.3 is 10.2 Å². The highest BCUT2D eigenvalue weighted by molar-refractivity contribution is 9.10. The Balaban J connectivity index is 0.00000162. The zero-order valence-corrected chi connectivity index (χ0v) is 12.8. The van der Waals surface area contributed by atoms with Crippen molar-refractivity contribution in [2.45, 2.75) is 18.9 Å². The van der Waals surface area contributed by atoms with Crippen LogP contribution >= 0.6 is 28.3 Å². The fraction of sp³-hybridized carbons (Fsp3) is 0.462. The van der Waals surface area contributed by atoms with E-state index in [-0.39, 0.29) is 24.4 Å². The summed E-state index contributed by atoms with van der Waals surface area (Å²) in [7, 11) is 1.81. The predicted octanol–water partition coefficient (Wildman–Crippen LogP) is 2.75. The van der Waals surface area contributed by atoms with Crippen LogP contribution in [0.1, 0.15) is 24.4 Å². The van der Waals surface area contributed by atoms with Gasteiger partial charge >= 0.3 is 0 Å². The van der Waals surface area contributed by atoms with E-state index in [1.165, 1.54) is 5.56 Å². The largest absolute Gasteiger partial charge is 0.335 e. The molecule has 1 aliphatic rings. The second-order valence-corrected chi connectivity index (χ2v) is 5.25. The molecule has 5 heteroatoms. The molecule has 3 nitrogen and oxygen atoms in total. The van der Waals surface area contributed by atoms with Gasteiger partial charge in [-0.3, -0.25) is 4.79 Å². The Morgan fingerprint density at radius 3 is 3.00 bits per heavy atom. The lowest BCUT2D eigenvalue weighted by Gasteiger charge is -2.25. The standard InChI is InChI=1S/C13H17BrN2O.ClH/c1-15-9-13(17)16-7-3-6-12(16)10-4-2-5-11(14)8-10;/h2,4-5,8,12,15H,3,6-7,9H2,1H3;1H. The minimum Gasteiger partial charge on any atom is -0.335 e. The Morgan fingerprint density at radius 2 is 2.33 bits per heavy atom. The number of carbonyl (C=O) groups excluding carboxylic acids is 1. The Morgan fingerprint density at radius 1 is 1.56 bits per heavy atom. The number of hydrogen-bond donors (Lipinski definition) is 1. The molecule has 1 saturated heterocycles. The van der Waals surface area contributed by atoms with Gasteiger partial charge in [-0.1, -0.05) is 28.1 Å². The van der Waals surface area contributed by atoms with Crippen LogP contribution in [-0.2, 0) is 4.79 Å². The van der Waals surface area contributed by atoms with Crippen molar-refractivity contribution in [1.29, 1.82) is 0 Å². The lowest BCUT2D eigenvalue weighted by atomic mass is 10.0. The van der Waals surface area contributed by atoms with Crippen molar-refractivity contribution in [3.05, 3.63) is 34.3 Å². The van der Waals surface area contributed by atoms with Crippen LogP contribution in [0.3, 0.4) is 0 Å². The molecule has 0 saturated carbocycles. The predicted molar refractivity (Wildman–Crippen MR) is 79.0 cm³/mol. The van der Waals surface area contributed by atoms with Gasteiger partial charge in [0.25, 0.3) is 0 Å². The highest BCUT2D eigenvalue weighted by atomic mass is 79.9. The number of rotatable bonds is 3. The maximum absolute atomic E-state index is 12.0. The molecule has 2 rings (SSSR count). The Kier molecular flexibility index (Phi) is 6.12. The third-order valence-electron chi connectivity index (χ3n) is 3.13. The van der Waals surface area contributed by atoms with Crippen LogP contribution in [0.15, 0.2) is 28.7 Å². The quantitative estimate of drug-likeness (QED) is 0.922. The van der Waals surface area contributed by atoms with Crippen LogP contribution in [0, 0.1) is 0 Å². The average Bonchev–Trinajstić information content (AvgIpc) is 2.78. The maximum atomic E-state index is 12.0. The number of likely N-dealkylation sites (N-methyl/N-ethyl adjacent to an activating group) is 1. The topological polar surface area (TPSA) is 32.3 Å². The molecule has 0 aliphatic carbocycles. The summed E-state index contributed by atoms with van der Waals surface area (Å²) in [5, 5.41) is 2.93. The number of benzene rings is 1. The second-order valence-electron chi connectivity index (χ2n) is 4.33. The zero-order chi connectivity index (χ0) is 12.3. The molecule has 0 spiro atoms. The van der Waals surface area contributed by atoms with Crippen LogP contribution in [-0.4, -0.2) is 30.9 Å². The second kappa shape index (κ2) is 7.12. The molecular weight excluding hydrogens is 316 g/mol. The van der Waals surface area contributed by atoms with E-state index in [2.05, 4.69) is 33.4 Å². The molecular formula is C13H18BrClN2O. The maximum Gasteiger partial charge on any atom is 0.237 e. The molecule has 0 bridgehead atoms. The molecule has 1 unspecified atom stereocenters. The van der Waals surface area contributed by atoms with Gasteiger partial charge in [0.15, 0.2) is 0 Å². The molecule has 1 aromatic carbocycles. The highest BCUT2D eigenvalue weighted by Crippen LogP contribution is 2.32. The SMILES string of the molecule is CNCC(=O)N1CCCC1c1cccc(Br)c1.Cl. The van der Waals surface area contributed by atoms with Gasteiger partial charge in [0.1, 0.15) is 0 Å². The third kappa shape index (κ3) is 3.46. The van der Waals surface area contributed by atoms with Crippen LogP contribution in [0.5, 0.6) is 0 Å². The van der Waals surface area contributed by atoms with Crippen molar-refractivity contribution in [2.75, 3.05) is 20.1 Å². The smallest absolute Gasteiger partial charge is 0.237 e. The van der Waals surface area contributed by atoms with Gasteiger partial charge in [-0.05, 0) is 37.6 Å². The molecule has 1 N–H and O–H groups in total. The molecule has 1 atom stereocenters. The van der Waals surface area contributed by atoms with Crippen molar-refractivity contribution < 1.29 is 4.79 Å². The molecule has 1 aliphatic heterocycles. The Hall–Kier alpha value is -0.580. The molecule has 1 amide bonds. The fourth-order valence-electron chi connectivity index (χ4n) is 2.38. The average molecular weight is 334 g/mol. The van der Waals surface area contributed by atoms with E-state index in [4.69, 9.17) is 0 Å². The van der Waals surface area contributed by atoms with Gasteiger partial charge in [0.2, 0.25) is 5.91 Å². The van der Waals surface area contributed by atoms with Crippen molar-refractivity contribution in [1.82, 2.24) is 10.2 Å². The van der Waals surface area contributed by atoms with Crippen molar-refractivity contribution in [3.63, 3.8) is 0 Å². The number of nitrogens with zero attached hydrogens (tertiary/aromatic N) is 1. The minimum atomic E-state index is 0. The number of halogens is 2. The zero-order valence-electron chi connectivity index (χ0n) is 10.4. The summed E-state index contributed by atoms with van der Waals surface area (Å²) in [4.78, 5) is 14.0. The van der Waals surface area contributed by atoms with E-state index in [0.717, 1.165) is 23.9 Å². The lowest BCUT2D eigenvalue weighted by molar-refractivity contribution is -0.131. The first-order chi connectivity index (χ1) is 8.22. The van der Waals surface area contributed by atoms with Crippen molar-refractivity contribution in [3.8, 4) is 0 Å². The fourth-order valence-corrected chi connectivity index (χ4v) is 2.80. The summed E-state index contributed by atoms with van der Waals surface area (Å²) in [6, 6.07) is 8.49. The van der Waals surface area contributed by atoms with Crippen LogP contribution in [0.25, 0.3) is 0 Å². The minimum absolute atomic E-state index is 0. The van der Waals surface area contributed by atoms with E-state index in [9.17, 15) is 4.79 Å². The summed E-state index contributed by atoms with van der Waals surface area (Å²) in [5.41, 5.74) is 1.22. The monoisotopic (exact) mass is 332 g/mol. The molecule has 0 radical (unpaired) electrons. The van der Waals surface area contributed by atoms with E-state index < -0.39 is 0 Å². The molecule has 18 heavy (non-hydrogen) atoms. The van der Waals surface area contributed by atoms with E-state index in [1.807, 2.05) is 24.1 Å². The summed E-state index contributed by atoms with van der Waals surface area (Å²) in [6.07, 6.45) is 2.15. The summed E-state index contributed by atoms with van der Waals surface area (Å²) in [6.45, 7) is 1.29. The molecule has 100 valence electrons.